The predicted molar refractivity (Wildman–Crippen MR) is 77.4 cm³/mol. The zero-order chi connectivity index (χ0) is 14.5. The summed E-state index contributed by atoms with van der Waals surface area (Å²) in [6, 6.07) is 11.6. The van der Waals surface area contributed by atoms with Gasteiger partial charge in [-0.25, -0.2) is 0 Å². The molecule has 0 radical (unpaired) electrons. The molecular weight excluding hydrogens is 282 g/mol. The van der Waals surface area contributed by atoms with Crippen molar-refractivity contribution >= 4 is 29.2 Å². The van der Waals surface area contributed by atoms with E-state index in [1.807, 2.05) is 18.2 Å². The first-order chi connectivity index (χ1) is 9.58. The van der Waals surface area contributed by atoms with Crippen molar-refractivity contribution in [3.8, 4) is 5.75 Å². The van der Waals surface area contributed by atoms with Crippen LogP contribution in [0.2, 0.25) is 5.02 Å². The number of anilines is 1. The number of para-hydroxylation sites is 1. The number of nitrogens with one attached hydrogen (secondary N) is 1. The van der Waals surface area contributed by atoms with Crippen LogP contribution in [0.1, 0.15) is 5.56 Å². The first-order valence-electron chi connectivity index (χ1n) is 5.59. The number of hydrogen-bond acceptors (Lipinski definition) is 5. The highest BCUT2D eigenvalue weighted by Crippen LogP contribution is 2.32. The van der Waals surface area contributed by atoms with Crippen LogP contribution in [-0.2, 0) is 0 Å². The smallest absolute Gasteiger partial charge is 0.312 e. The minimum Gasteiger partial charge on any atom is -0.502 e. The van der Waals surface area contributed by atoms with E-state index in [2.05, 4.69) is 10.5 Å². The number of aromatic hydroxyl groups is 1. The Morgan fingerprint density at radius 3 is 2.65 bits per heavy atom. The molecule has 20 heavy (non-hydrogen) atoms. The fourth-order valence-corrected chi connectivity index (χ4v) is 1.75. The van der Waals surface area contributed by atoms with Gasteiger partial charge in [0.1, 0.15) is 0 Å². The average Bonchev–Trinajstić information content (AvgIpc) is 2.43. The van der Waals surface area contributed by atoms with Gasteiger partial charge in [0.15, 0.2) is 0 Å². The first kappa shape index (κ1) is 13.8. The summed E-state index contributed by atoms with van der Waals surface area (Å²) >= 11 is 5.76. The minimum absolute atomic E-state index is 0.149. The van der Waals surface area contributed by atoms with Crippen molar-refractivity contribution in [1.82, 2.24) is 0 Å². The maximum Gasteiger partial charge on any atom is 0.312 e. The van der Waals surface area contributed by atoms with E-state index >= 15 is 0 Å². The van der Waals surface area contributed by atoms with Gasteiger partial charge in [-0.1, -0.05) is 29.8 Å². The monoisotopic (exact) mass is 291 g/mol. The lowest BCUT2D eigenvalue weighted by Gasteiger charge is -2.02. The molecule has 0 bridgehead atoms. The molecule has 0 saturated carbocycles. The number of nitrogens with zero attached hydrogens (tertiary/aromatic N) is 2. The largest absolute Gasteiger partial charge is 0.502 e. The quantitative estimate of drug-likeness (QED) is 0.513. The maximum absolute atomic E-state index is 10.7. The summed E-state index contributed by atoms with van der Waals surface area (Å²) in [5, 5.41) is 24.6. The van der Waals surface area contributed by atoms with Crippen molar-refractivity contribution in [3.05, 3.63) is 63.2 Å². The molecule has 0 unspecified atom stereocenters. The average molecular weight is 292 g/mol. The summed E-state index contributed by atoms with van der Waals surface area (Å²) in [5.74, 6) is -0.474. The van der Waals surface area contributed by atoms with Crippen LogP contribution >= 0.6 is 11.6 Å². The number of nitro benzene ring substituents is 1. The summed E-state index contributed by atoms with van der Waals surface area (Å²) in [7, 11) is 0. The van der Waals surface area contributed by atoms with Crippen molar-refractivity contribution in [1.29, 1.82) is 0 Å². The van der Waals surface area contributed by atoms with Crippen LogP contribution in [0, 0.1) is 10.1 Å². The van der Waals surface area contributed by atoms with Gasteiger partial charge in [-0.05, 0) is 18.2 Å². The number of rotatable bonds is 4. The molecule has 0 aliphatic heterocycles. The number of phenols is 1. The molecule has 0 atom stereocenters. The topological polar surface area (TPSA) is 87.8 Å². The highest BCUT2D eigenvalue weighted by atomic mass is 35.5. The highest BCUT2D eigenvalue weighted by Gasteiger charge is 2.17. The van der Waals surface area contributed by atoms with E-state index in [4.69, 9.17) is 11.6 Å². The highest BCUT2D eigenvalue weighted by molar-refractivity contribution is 6.31. The molecule has 0 fully saturated rings. The van der Waals surface area contributed by atoms with Crippen molar-refractivity contribution in [3.63, 3.8) is 0 Å². The van der Waals surface area contributed by atoms with Gasteiger partial charge in [0.25, 0.3) is 0 Å². The Bertz CT molecular complexity index is 659. The lowest BCUT2D eigenvalue weighted by molar-refractivity contribution is -0.385. The van der Waals surface area contributed by atoms with Crippen LogP contribution in [0.15, 0.2) is 47.6 Å². The molecule has 102 valence electrons. The molecule has 0 aliphatic rings. The lowest BCUT2D eigenvalue weighted by Crippen LogP contribution is -1.94. The summed E-state index contributed by atoms with van der Waals surface area (Å²) in [5.41, 5.74) is 3.18. The summed E-state index contributed by atoms with van der Waals surface area (Å²) in [4.78, 5) is 10.0. The number of nitro groups is 1. The van der Waals surface area contributed by atoms with Gasteiger partial charge < -0.3 is 5.11 Å². The Balaban J connectivity index is 2.23. The fourth-order valence-electron chi connectivity index (χ4n) is 1.53. The van der Waals surface area contributed by atoms with Crippen LogP contribution in [0.25, 0.3) is 0 Å². The third kappa shape index (κ3) is 3.24. The molecule has 2 aromatic carbocycles. The molecule has 0 aliphatic carbocycles. The van der Waals surface area contributed by atoms with Crippen LogP contribution in [-0.4, -0.2) is 16.2 Å². The van der Waals surface area contributed by atoms with Gasteiger partial charge in [0, 0.05) is 16.7 Å². The second-order valence-electron chi connectivity index (χ2n) is 3.86. The van der Waals surface area contributed by atoms with Crippen LogP contribution in [0.3, 0.4) is 0 Å². The van der Waals surface area contributed by atoms with E-state index in [1.54, 1.807) is 12.1 Å². The molecule has 2 N–H and O–H groups in total. The third-order valence-electron chi connectivity index (χ3n) is 2.45. The van der Waals surface area contributed by atoms with Gasteiger partial charge in [0.2, 0.25) is 5.75 Å². The zero-order valence-electron chi connectivity index (χ0n) is 10.2. The second-order valence-corrected chi connectivity index (χ2v) is 4.29. The van der Waals surface area contributed by atoms with E-state index in [0.29, 0.717) is 0 Å². The Kier molecular flexibility index (Phi) is 4.17. The van der Waals surface area contributed by atoms with Gasteiger partial charge in [-0.3, -0.25) is 15.5 Å². The SMILES string of the molecule is O=[N+]([O-])c1cc(Cl)cc(C=NNc2ccccc2)c1O. The molecule has 0 aromatic heterocycles. The van der Waals surface area contributed by atoms with Crippen molar-refractivity contribution in [2.75, 3.05) is 5.43 Å². The fraction of sp³-hybridized carbons (Fsp3) is 0. The van der Waals surface area contributed by atoms with Crippen molar-refractivity contribution in [2.45, 2.75) is 0 Å². The van der Waals surface area contributed by atoms with Gasteiger partial charge in [-0.15, -0.1) is 0 Å². The number of phenolic OH excluding ortho intramolecular Hbond substituents is 1. The second kappa shape index (κ2) is 6.03. The van der Waals surface area contributed by atoms with E-state index < -0.39 is 16.4 Å². The molecule has 0 spiro atoms. The summed E-state index contributed by atoms with van der Waals surface area (Å²) in [6.45, 7) is 0. The van der Waals surface area contributed by atoms with Crippen LogP contribution in [0.5, 0.6) is 5.75 Å². The van der Waals surface area contributed by atoms with Gasteiger partial charge in [-0.2, -0.15) is 5.10 Å². The number of benzene rings is 2. The van der Waals surface area contributed by atoms with Crippen LogP contribution in [0.4, 0.5) is 11.4 Å². The van der Waals surface area contributed by atoms with E-state index in [9.17, 15) is 15.2 Å². The molecule has 0 amide bonds. The molecule has 2 aromatic rings. The number of hydrazone groups is 1. The first-order valence-corrected chi connectivity index (χ1v) is 5.97. The molecule has 7 heteroatoms. The molecular formula is C13H10ClN3O3. The van der Waals surface area contributed by atoms with Crippen molar-refractivity contribution in [2.24, 2.45) is 5.10 Å². The summed E-state index contributed by atoms with van der Waals surface area (Å²) < 4.78 is 0. The maximum atomic E-state index is 10.7. The van der Waals surface area contributed by atoms with E-state index in [-0.39, 0.29) is 10.6 Å². The standard InChI is InChI=1S/C13H10ClN3O3/c14-10-6-9(13(18)12(7-10)17(19)20)8-15-16-11-4-2-1-3-5-11/h1-8,16,18H. The predicted octanol–water partition coefficient (Wildman–Crippen LogP) is 3.40. The van der Waals surface area contributed by atoms with Crippen LogP contribution < -0.4 is 5.43 Å². The third-order valence-corrected chi connectivity index (χ3v) is 2.67. The van der Waals surface area contributed by atoms with Gasteiger partial charge >= 0.3 is 5.69 Å². The Hall–Kier alpha value is -2.60. The number of hydrogen-bond donors (Lipinski definition) is 2. The molecule has 0 saturated heterocycles. The number of halogens is 1. The Labute approximate surface area is 119 Å². The normalized spacial score (nSPS) is 10.7. The lowest BCUT2D eigenvalue weighted by atomic mass is 10.2. The summed E-state index contributed by atoms with van der Waals surface area (Å²) in [6.07, 6.45) is 1.27. The van der Waals surface area contributed by atoms with E-state index in [0.717, 1.165) is 11.8 Å². The zero-order valence-corrected chi connectivity index (χ0v) is 10.9. The molecule has 0 heterocycles. The Morgan fingerprint density at radius 2 is 2.00 bits per heavy atom. The molecule has 6 nitrogen and oxygen atoms in total. The minimum atomic E-state index is -0.705. The van der Waals surface area contributed by atoms with Gasteiger partial charge in [0.05, 0.1) is 16.8 Å². The Morgan fingerprint density at radius 1 is 1.30 bits per heavy atom. The molecule has 2 rings (SSSR count). The van der Waals surface area contributed by atoms with Crippen molar-refractivity contribution < 1.29 is 10.0 Å². The van der Waals surface area contributed by atoms with E-state index in [1.165, 1.54) is 12.3 Å².